The molecule has 0 atom stereocenters. The van der Waals surface area contributed by atoms with E-state index < -0.39 is 17.5 Å². The molecule has 0 saturated heterocycles. The minimum atomic E-state index is -1.51. The Morgan fingerprint density at radius 3 is 2.23 bits per heavy atom. The fourth-order valence-electron chi connectivity index (χ4n) is 4.07. The summed E-state index contributed by atoms with van der Waals surface area (Å²) in [5.41, 5.74) is 2.18. The highest BCUT2D eigenvalue weighted by Crippen LogP contribution is 2.27. The SMILES string of the molecule is N#Cc1ccc(Cn2cnnc2CN(Cc2ccc(F)c(F)c2F)c2ccc(Oc3ccccc3)cc2)cc1. The van der Waals surface area contributed by atoms with E-state index in [0.717, 1.165) is 11.6 Å². The van der Waals surface area contributed by atoms with Crippen LogP contribution in [0.25, 0.3) is 0 Å². The van der Waals surface area contributed by atoms with E-state index >= 15 is 0 Å². The van der Waals surface area contributed by atoms with Gasteiger partial charge in [-0.3, -0.25) is 0 Å². The molecular formula is C30H22F3N5O. The lowest BCUT2D eigenvalue weighted by Crippen LogP contribution is -2.25. The van der Waals surface area contributed by atoms with Crippen molar-refractivity contribution in [2.45, 2.75) is 19.6 Å². The standard InChI is InChI=1S/C30H22F3N5O/c31-27-15-10-23(29(32)30(27)33)18-37(24-11-13-26(14-12-24)39-25-4-2-1-3-5-25)19-28-36-35-20-38(28)17-22-8-6-21(16-34)7-9-22/h1-15,20H,17-19H2. The van der Waals surface area contributed by atoms with Gasteiger partial charge in [0.1, 0.15) is 17.8 Å². The minimum Gasteiger partial charge on any atom is -0.457 e. The molecule has 0 unspecified atom stereocenters. The topological polar surface area (TPSA) is 67.0 Å². The van der Waals surface area contributed by atoms with Crippen molar-refractivity contribution >= 4 is 5.69 Å². The Kier molecular flexibility index (Phi) is 7.55. The minimum absolute atomic E-state index is 0.00308. The molecule has 0 fully saturated rings. The summed E-state index contributed by atoms with van der Waals surface area (Å²) in [6.07, 6.45) is 1.58. The molecule has 0 aliphatic carbocycles. The molecule has 5 aromatic rings. The van der Waals surface area contributed by atoms with Gasteiger partial charge in [-0.2, -0.15) is 5.26 Å². The molecule has 39 heavy (non-hydrogen) atoms. The van der Waals surface area contributed by atoms with Crippen LogP contribution in [0.2, 0.25) is 0 Å². The van der Waals surface area contributed by atoms with E-state index in [4.69, 9.17) is 10.00 Å². The normalized spacial score (nSPS) is 10.7. The Labute approximate surface area is 223 Å². The van der Waals surface area contributed by atoms with E-state index in [-0.39, 0.29) is 18.7 Å². The maximum atomic E-state index is 14.6. The molecule has 0 spiro atoms. The quantitative estimate of drug-likeness (QED) is 0.203. The van der Waals surface area contributed by atoms with Gasteiger partial charge in [0, 0.05) is 17.8 Å². The molecule has 4 aromatic carbocycles. The average molecular weight is 526 g/mol. The first-order valence-corrected chi connectivity index (χ1v) is 12.1. The Hall–Kier alpha value is -5.10. The maximum Gasteiger partial charge on any atom is 0.194 e. The van der Waals surface area contributed by atoms with Gasteiger partial charge in [0.25, 0.3) is 0 Å². The lowest BCUT2D eigenvalue weighted by Gasteiger charge is -2.25. The first-order valence-electron chi connectivity index (χ1n) is 12.1. The summed E-state index contributed by atoms with van der Waals surface area (Å²) in [6, 6.07) is 27.9. The molecule has 0 aliphatic heterocycles. The highest BCUT2D eigenvalue weighted by atomic mass is 19.2. The summed E-state index contributed by atoms with van der Waals surface area (Å²) in [5.74, 6) is -2.12. The molecule has 0 amide bonds. The zero-order valence-electron chi connectivity index (χ0n) is 20.6. The van der Waals surface area contributed by atoms with Crippen LogP contribution in [0, 0.1) is 28.8 Å². The number of rotatable bonds is 9. The van der Waals surface area contributed by atoms with Gasteiger partial charge in [-0.1, -0.05) is 36.4 Å². The van der Waals surface area contributed by atoms with Crippen molar-refractivity contribution in [1.29, 1.82) is 5.26 Å². The lowest BCUT2D eigenvalue weighted by atomic mass is 10.1. The van der Waals surface area contributed by atoms with E-state index in [0.29, 0.717) is 35.1 Å². The molecule has 9 heteroatoms. The molecule has 0 N–H and O–H groups in total. The number of ether oxygens (including phenoxy) is 1. The van der Waals surface area contributed by atoms with Crippen molar-refractivity contribution in [3.05, 3.63) is 137 Å². The Bertz CT molecular complexity index is 1600. The maximum absolute atomic E-state index is 14.6. The third kappa shape index (κ3) is 6.08. The number of anilines is 1. The number of aromatic nitrogens is 3. The second-order valence-electron chi connectivity index (χ2n) is 8.78. The molecule has 1 aromatic heterocycles. The summed E-state index contributed by atoms with van der Waals surface area (Å²) in [6.45, 7) is 0.602. The van der Waals surface area contributed by atoms with E-state index in [1.54, 1.807) is 47.6 Å². The van der Waals surface area contributed by atoms with Crippen LogP contribution in [0.1, 0.15) is 22.5 Å². The predicted octanol–water partition coefficient (Wildman–Crippen LogP) is 6.61. The van der Waals surface area contributed by atoms with Crippen LogP contribution in [0.15, 0.2) is 97.3 Å². The lowest BCUT2D eigenvalue weighted by molar-refractivity contribution is 0.440. The molecule has 6 nitrogen and oxygen atoms in total. The van der Waals surface area contributed by atoms with Crippen LogP contribution < -0.4 is 9.64 Å². The van der Waals surface area contributed by atoms with E-state index in [1.807, 2.05) is 47.0 Å². The third-order valence-electron chi connectivity index (χ3n) is 6.12. The van der Waals surface area contributed by atoms with Gasteiger partial charge in [-0.15, -0.1) is 10.2 Å². The Morgan fingerprint density at radius 1 is 0.795 bits per heavy atom. The third-order valence-corrected chi connectivity index (χ3v) is 6.12. The fourth-order valence-corrected chi connectivity index (χ4v) is 4.07. The fraction of sp³-hybridized carbons (Fsp3) is 0.100. The smallest absolute Gasteiger partial charge is 0.194 e. The van der Waals surface area contributed by atoms with Gasteiger partial charge in [0.05, 0.1) is 24.7 Å². The number of nitrogens with zero attached hydrogens (tertiary/aromatic N) is 5. The van der Waals surface area contributed by atoms with Crippen molar-refractivity contribution in [1.82, 2.24) is 14.8 Å². The molecule has 0 radical (unpaired) electrons. The predicted molar refractivity (Wildman–Crippen MR) is 139 cm³/mol. The number of halogens is 3. The summed E-state index contributed by atoms with van der Waals surface area (Å²) in [4.78, 5) is 1.79. The first kappa shape index (κ1) is 25.5. The van der Waals surface area contributed by atoms with Crippen molar-refractivity contribution in [3.8, 4) is 17.6 Å². The zero-order valence-corrected chi connectivity index (χ0v) is 20.6. The van der Waals surface area contributed by atoms with Crippen LogP contribution in [-0.2, 0) is 19.6 Å². The van der Waals surface area contributed by atoms with E-state index in [1.165, 1.54) is 6.07 Å². The van der Waals surface area contributed by atoms with Crippen LogP contribution >= 0.6 is 0 Å². The second kappa shape index (κ2) is 11.5. The van der Waals surface area contributed by atoms with Gasteiger partial charge >= 0.3 is 0 Å². The van der Waals surface area contributed by atoms with Gasteiger partial charge in [-0.25, -0.2) is 13.2 Å². The molecule has 194 valence electrons. The summed E-state index contributed by atoms with van der Waals surface area (Å²) in [5, 5.41) is 17.3. The number of nitriles is 1. The van der Waals surface area contributed by atoms with Crippen LogP contribution in [0.5, 0.6) is 11.5 Å². The van der Waals surface area contributed by atoms with Crippen LogP contribution in [0.4, 0.5) is 18.9 Å². The molecule has 0 saturated carbocycles. The van der Waals surface area contributed by atoms with Crippen molar-refractivity contribution in [2.24, 2.45) is 0 Å². The van der Waals surface area contributed by atoms with Gasteiger partial charge < -0.3 is 14.2 Å². The highest BCUT2D eigenvalue weighted by Gasteiger charge is 2.19. The summed E-state index contributed by atoms with van der Waals surface area (Å²) >= 11 is 0. The van der Waals surface area contributed by atoms with Crippen molar-refractivity contribution in [2.75, 3.05) is 4.90 Å². The van der Waals surface area contributed by atoms with Gasteiger partial charge in [0.2, 0.25) is 0 Å². The summed E-state index contributed by atoms with van der Waals surface area (Å²) < 4.78 is 49.9. The molecule has 1 heterocycles. The zero-order chi connectivity index (χ0) is 27.2. The number of hydrogen-bond donors (Lipinski definition) is 0. The number of benzene rings is 4. The van der Waals surface area contributed by atoms with Gasteiger partial charge in [-0.05, 0) is 60.2 Å². The van der Waals surface area contributed by atoms with Crippen molar-refractivity contribution < 1.29 is 17.9 Å². The van der Waals surface area contributed by atoms with Crippen molar-refractivity contribution in [3.63, 3.8) is 0 Å². The average Bonchev–Trinajstić information content (AvgIpc) is 3.40. The Morgan fingerprint density at radius 2 is 1.51 bits per heavy atom. The molecule has 0 aliphatic rings. The highest BCUT2D eigenvalue weighted by molar-refractivity contribution is 5.50. The van der Waals surface area contributed by atoms with Gasteiger partial charge in [0.15, 0.2) is 23.3 Å². The van der Waals surface area contributed by atoms with E-state index in [2.05, 4.69) is 16.3 Å². The summed E-state index contributed by atoms with van der Waals surface area (Å²) in [7, 11) is 0. The first-order chi connectivity index (χ1) is 19.0. The van der Waals surface area contributed by atoms with Crippen LogP contribution in [-0.4, -0.2) is 14.8 Å². The molecule has 5 rings (SSSR count). The van der Waals surface area contributed by atoms with E-state index in [9.17, 15) is 13.2 Å². The number of para-hydroxylation sites is 1. The largest absolute Gasteiger partial charge is 0.457 e. The second-order valence-corrected chi connectivity index (χ2v) is 8.78. The number of hydrogen-bond acceptors (Lipinski definition) is 5. The monoisotopic (exact) mass is 525 g/mol. The van der Waals surface area contributed by atoms with Crippen LogP contribution in [0.3, 0.4) is 0 Å². The molecule has 0 bridgehead atoms. The Balaban J connectivity index is 1.42. The molecular weight excluding hydrogens is 503 g/mol.